The second kappa shape index (κ2) is 14.5. The van der Waals surface area contributed by atoms with Crippen molar-refractivity contribution in [1.29, 1.82) is 0 Å². The molecule has 1 atom stereocenters. The molecule has 0 aliphatic carbocycles. The molecule has 0 heterocycles. The zero-order valence-corrected chi connectivity index (χ0v) is 12.5. The van der Waals surface area contributed by atoms with Gasteiger partial charge in [-0.3, -0.25) is 0 Å². The van der Waals surface area contributed by atoms with Gasteiger partial charge in [0.15, 0.2) is 0 Å². The Kier molecular flexibility index (Phi) is 14.0. The van der Waals surface area contributed by atoms with Gasteiger partial charge in [-0.25, -0.2) is 0 Å². The second-order valence-electron chi connectivity index (χ2n) is 5.25. The average molecular weight is 251 g/mol. The van der Waals surface area contributed by atoms with Crippen LogP contribution in [0.2, 0.25) is 0 Å². The molecular formula is C17H33N. The highest BCUT2D eigenvalue weighted by Crippen LogP contribution is 2.09. The van der Waals surface area contributed by atoms with Crippen molar-refractivity contribution in [3.63, 3.8) is 0 Å². The van der Waals surface area contributed by atoms with E-state index in [1.807, 2.05) is 0 Å². The minimum Gasteiger partial charge on any atom is -0.330 e. The van der Waals surface area contributed by atoms with E-state index < -0.39 is 0 Å². The predicted molar refractivity (Wildman–Crippen MR) is 83.7 cm³/mol. The Balaban J connectivity index is 3.33. The summed E-state index contributed by atoms with van der Waals surface area (Å²) in [4.78, 5) is 0. The van der Waals surface area contributed by atoms with Crippen LogP contribution in [-0.4, -0.2) is 6.54 Å². The highest BCUT2D eigenvalue weighted by atomic mass is 14.5. The van der Waals surface area contributed by atoms with E-state index >= 15 is 0 Å². The molecule has 0 saturated heterocycles. The van der Waals surface area contributed by atoms with Crippen molar-refractivity contribution in [2.24, 2.45) is 11.7 Å². The largest absolute Gasteiger partial charge is 0.330 e. The van der Waals surface area contributed by atoms with E-state index in [2.05, 4.69) is 38.2 Å². The van der Waals surface area contributed by atoms with Crippen molar-refractivity contribution < 1.29 is 0 Å². The molecule has 0 aromatic heterocycles. The molecule has 1 nitrogen and oxygen atoms in total. The summed E-state index contributed by atoms with van der Waals surface area (Å²) in [5.74, 6) is 0.745. The molecule has 0 aromatic rings. The van der Waals surface area contributed by atoms with Gasteiger partial charge in [-0.2, -0.15) is 0 Å². The Hall–Kier alpha value is -0.560. The van der Waals surface area contributed by atoms with Crippen molar-refractivity contribution >= 4 is 0 Å². The van der Waals surface area contributed by atoms with Crippen molar-refractivity contribution in [1.82, 2.24) is 0 Å². The van der Waals surface area contributed by atoms with Crippen LogP contribution in [0.1, 0.15) is 71.6 Å². The van der Waals surface area contributed by atoms with E-state index in [9.17, 15) is 0 Å². The van der Waals surface area contributed by atoms with Crippen LogP contribution in [0.4, 0.5) is 0 Å². The van der Waals surface area contributed by atoms with Gasteiger partial charge in [0.2, 0.25) is 0 Å². The molecule has 0 amide bonds. The fourth-order valence-corrected chi connectivity index (χ4v) is 1.99. The quantitative estimate of drug-likeness (QED) is 0.373. The molecule has 2 N–H and O–H groups in total. The van der Waals surface area contributed by atoms with Gasteiger partial charge in [0, 0.05) is 0 Å². The Morgan fingerprint density at radius 3 is 2.44 bits per heavy atom. The van der Waals surface area contributed by atoms with Gasteiger partial charge in [0.1, 0.15) is 0 Å². The lowest BCUT2D eigenvalue weighted by Gasteiger charge is -2.02. The summed E-state index contributed by atoms with van der Waals surface area (Å²) >= 11 is 0. The lowest BCUT2D eigenvalue weighted by molar-refractivity contribution is 0.597. The molecule has 0 bridgehead atoms. The molecule has 0 rings (SSSR count). The van der Waals surface area contributed by atoms with Crippen LogP contribution in [0.15, 0.2) is 24.3 Å². The third-order valence-electron chi connectivity index (χ3n) is 3.24. The van der Waals surface area contributed by atoms with E-state index in [-0.39, 0.29) is 0 Å². The van der Waals surface area contributed by atoms with Crippen molar-refractivity contribution in [2.45, 2.75) is 71.6 Å². The summed E-state index contributed by atoms with van der Waals surface area (Å²) in [7, 11) is 0. The molecule has 0 radical (unpaired) electrons. The van der Waals surface area contributed by atoms with E-state index in [0.29, 0.717) is 0 Å². The first-order valence-electron chi connectivity index (χ1n) is 7.83. The number of allylic oxidation sites excluding steroid dienone is 4. The maximum Gasteiger partial charge on any atom is -0.00773 e. The fraction of sp³-hybridized carbons (Fsp3) is 0.765. The molecule has 106 valence electrons. The maximum atomic E-state index is 5.46. The van der Waals surface area contributed by atoms with Crippen molar-refractivity contribution in [3.8, 4) is 0 Å². The van der Waals surface area contributed by atoms with E-state index in [0.717, 1.165) is 18.9 Å². The molecule has 0 aromatic carbocycles. The number of hydrogen-bond donors (Lipinski definition) is 1. The van der Waals surface area contributed by atoms with Crippen LogP contribution in [0.5, 0.6) is 0 Å². The van der Waals surface area contributed by atoms with Gasteiger partial charge in [0.25, 0.3) is 0 Å². The molecule has 0 aliphatic rings. The van der Waals surface area contributed by atoms with Gasteiger partial charge in [-0.1, -0.05) is 63.8 Å². The normalized spacial score (nSPS) is 13.7. The van der Waals surface area contributed by atoms with Gasteiger partial charge in [-0.15, -0.1) is 0 Å². The van der Waals surface area contributed by atoms with Crippen LogP contribution in [0.25, 0.3) is 0 Å². The zero-order chi connectivity index (χ0) is 13.5. The van der Waals surface area contributed by atoms with Gasteiger partial charge < -0.3 is 5.73 Å². The fourth-order valence-electron chi connectivity index (χ4n) is 1.99. The second-order valence-corrected chi connectivity index (χ2v) is 5.25. The first kappa shape index (κ1) is 17.4. The lowest BCUT2D eigenvalue weighted by atomic mass is 10.0. The Labute approximate surface area is 115 Å². The first-order valence-corrected chi connectivity index (χ1v) is 7.83. The molecular weight excluding hydrogens is 218 g/mol. The lowest BCUT2D eigenvalue weighted by Crippen LogP contribution is -1.97. The van der Waals surface area contributed by atoms with Crippen LogP contribution in [0.3, 0.4) is 0 Å². The molecule has 0 spiro atoms. The van der Waals surface area contributed by atoms with E-state index in [4.69, 9.17) is 5.73 Å². The highest BCUT2D eigenvalue weighted by Gasteiger charge is 1.93. The summed E-state index contributed by atoms with van der Waals surface area (Å²) < 4.78 is 0. The van der Waals surface area contributed by atoms with Crippen LogP contribution >= 0.6 is 0 Å². The SMILES string of the molecule is CCCCC(C)/C=C/C/C=C/CCCCCCN. The Bertz CT molecular complexity index is 206. The number of hydrogen-bond acceptors (Lipinski definition) is 1. The van der Waals surface area contributed by atoms with Gasteiger partial charge >= 0.3 is 0 Å². The monoisotopic (exact) mass is 251 g/mol. The summed E-state index contributed by atoms with van der Waals surface area (Å²) in [6, 6.07) is 0. The summed E-state index contributed by atoms with van der Waals surface area (Å²) in [5.41, 5.74) is 5.46. The molecule has 1 unspecified atom stereocenters. The maximum absolute atomic E-state index is 5.46. The van der Waals surface area contributed by atoms with E-state index in [1.54, 1.807) is 0 Å². The van der Waals surface area contributed by atoms with E-state index in [1.165, 1.54) is 51.4 Å². The summed E-state index contributed by atoms with van der Waals surface area (Å²) in [6.07, 6.45) is 20.7. The van der Waals surface area contributed by atoms with Crippen LogP contribution < -0.4 is 5.73 Å². The minimum atomic E-state index is 0.745. The predicted octanol–water partition coefficient (Wildman–Crippen LogP) is 5.22. The van der Waals surface area contributed by atoms with Crippen LogP contribution in [-0.2, 0) is 0 Å². The van der Waals surface area contributed by atoms with Gasteiger partial charge in [0.05, 0.1) is 0 Å². The number of nitrogens with two attached hydrogens (primary N) is 1. The summed E-state index contributed by atoms with van der Waals surface area (Å²) in [5, 5.41) is 0. The minimum absolute atomic E-state index is 0.745. The number of unbranched alkanes of at least 4 members (excludes halogenated alkanes) is 5. The Morgan fingerprint density at radius 1 is 0.944 bits per heavy atom. The van der Waals surface area contributed by atoms with Crippen molar-refractivity contribution in [2.75, 3.05) is 6.54 Å². The van der Waals surface area contributed by atoms with Gasteiger partial charge in [-0.05, 0) is 44.6 Å². The first-order chi connectivity index (χ1) is 8.81. The molecule has 0 aliphatic heterocycles. The highest BCUT2D eigenvalue weighted by molar-refractivity contribution is 4.94. The average Bonchev–Trinajstić information content (AvgIpc) is 2.38. The third kappa shape index (κ3) is 13.5. The van der Waals surface area contributed by atoms with Crippen molar-refractivity contribution in [3.05, 3.63) is 24.3 Å². The standard InChI is InChI=1S/C17H33N/c1-3-4-14-17(2)15-12-10-8-6-5-7-9-11-13-16-18/h6,8,12,15,17H,3-5,7,9-11,13-14,16,18H2,1-2H3/b8-6+,15-12+. The third-order valence-corrected chi connectivity index (χ3v) is 3.24. The Morgan fingerprint density at radius 2 is 1.72 bits per heavy atom. The summed E-state index contributed by atoms with van der Waals surface area (Å²) in [6.45, 7) is 5.41. The zero-order valence-electron chi connectivity index (χ0n) is 12.5. The number of rotatable bonds is 12. The molecule has 18 heavy (non-hydrogen) atoms. The molecule has 0 saturated carbocycles. The topological polar surface area (TPSA) is 26.0 Å². The van der Waals surface area contributed by atoms with Crippen LogP contribution in [0, 0.1) is 5.92 Å². The molecule has 0 fully saturated rings. The smallest absolute Gasteiger partial charge is 0.00773 e. The molecule has 1 heteroatoms.